The SMILES string of the molecule is COc1nc(NC2CCN(C(=O)C3(C#N)CC3)CC2)nn2ccc(-c3cnc4nccn4c3)c12. The van der Waals surface area contributed by atoms with Gasteiger partial charge in [0.05, 0.1) is 13.2 Å². The third-order valence-corrected chi connectivity index (χ3v) is 6.72. The maximum Gasteiger partial charge on any atom is 0.244 e. The number of nitrogens with one attached hydrogen (secondary N) is 1. The smallest absolute Gasteiger partial charge is 0.244 e. The van der Waals surface area contributed by atoms with Gasteiger partial charge >= 0.3 is 0 Å². The number of aromatic nitrogens is 6. The van der Waals surface area contributed by atoms with Crippen molar-refractivity contribution in [1.82, 2.24) is 33.9 Å². The zero-order valence-corrected chi connectivity index (χ0v) is 18.7. The van der Waals surface area contributed by atoms with E-state index in [0.29, 0.717) is 43.5 Å². The molecule has 6 rings (SSSR count). The molecule has 2 fully saturated rings. The van der Waals surface area contributed by atoms with Gasteiger partial charge in [-0.2, -0.15) is 10.2 Å². The molecule has 0 radical (unpaired) electrons. The maximum atomic E-state index is 12.6. The summed E-state index contributed by atoms with van der Waals surface area (Å²) in [6, 6.07) is 4.29. The summed E-state index contributed by atoms with van der Waals surface area (Å²) in [5.41, 5.74) is 1.80. The molecule has 1 aliphatic carbocycles. The van der Waals surface area contributed by atoms with Crippen LogP contribution in [0.5, 0.6) is 5.88 Å². The van der Waals surface area contributed by atoms with Gasteiger partial charge in [0.1, 0.15) is 10.9 Å². The van der Waals surface area contributed by atoms with Crippen LogP contribution in [0.15, 0.2) is 37.1 Å². The predicted molar refractivity (Wildman–Crippen MR) is 122 cm³/mol. The van der Waals surface area contributed by atoms with E-state index in [-0.39, 0.29) is 11.9 Å². The van der Waals surface area contributed by atoms with Crippen LogP contribution in [0, 0.1) is 16.7 Å². The highest BCUT2D eigenvalue weighted by Crippen LogP contribution is 2.46. The second kappa shape index (κ2) is 7.69. The van der Waals surface area contributed by atoms with Crippen molar-refractivity contribution < 1.29 is 9.53 Å². The third-order valence-electron chi connectivity index (χ3n) is 6.72. The van der Waals surface area contributed by atoms with Gasteiger partial charge in [-0.3, -0.25) is 9.20 Å². The van der Waals surface area contributed by atoms with Gasteiger partial charge in [-0.25, -0.2) is 14.5 Å². The van der Waals surface area contributed by atoms with E-state index in [9.17, 15) is 10.1 Å². The van der Waals surface area contributed by atoms with Crippen molar-refractivity contribution in [3.05, 3.63) is 37.1 Å². The summed E-state index contributed by atoms with van der Waals surface area (Å²) in [6.45, 7) is 1.24. The van der Waals surface area contributed by atoms with Crippen LogP contribution >= 0.6 is 0 Å². The van der Waals surface area contributed by atoms with Crippen molar-refractivity contribution in [2.75, 3.05) is 25.5 Å². The van der Waals surface area contributed by atoms with Gasteiger partial charge in [-0.15, -0.1) is 5.10 Å². The summed E-state index contributed by atoms with van der Waals surface area (Å²) >= 11 is 0. The molecule has 11 heteroatoms. The highest BCUT2D eigenvalue weighted by molar-refractivity contribution is 5.88. The number of methoxy groups -OCH3 is 1. The molecule has 4 aromatic heterocycles. The van der Waals surface area contributed by atoms with Crippen molar-refractivity contribution in [3.8, 4) is 23.1 Å². The Morgan fingerprint density at radius 3 is 2.82 bits per heavy atom. The first kappa shape index (κ1) is 20.4. The summed E-state index contributed by atoms with van der Waals surface area (Å²) in [7, 11) is 1.59. The van der Waals surface area contributed by atoms with Gasteiger partial charge in [0.2, 0.25) is 23.5 Å². The van der Waals surface area contributed by atoms with Crippen molar-refractivity contribution in [3.63, 3.8) is 0 Å². The van der Waals surface area contributed by atoms with E-state index in [0.717, 1.165) is 29.5 Å². The normalized spacial score (nSPS) is 17.6. The van der Waals surface area contributed by atoms with Gasteiger partial charge in [0, 0.05) is 61.2 Å². The number of amides is 1. The fourth-order valence-corrected chi connectivity index (χ4v) is 4.59. The summed E-state index contributed by atoms with van der Waals surface area (Å²) in [5.74, 6) is 1.54. The Labute approximate surface area is 195 Å². The first-order chi connectivity index (χ1) is 16.6. The van der Waals surface area contributed by atoms with Crippen LogP contribution < -0.4 is 10.1 Å². The standard InChI is InChI=1S/C23H23N9O2/c1-34-19-18-17(15-12-26-22-25-7-11-31(22)13-15)4-10-32(18)29-21(28-19)27-16-2-8-30(9-3-16)20(33)23(14-24)5-6-23/h4,7,10-13,16H,2-3,5-6,8-9H2,1H3,(H,27,29). The molecular weight excluding hydrogens is 434 g/mol. The molecule has 1 amide bonds. The van der Waals surface area contributed by atoms with Crippen molar-refractivity contribution in [2.24, 2.45) is 5.41 Å². The lowest BCUT2D eigenvalue weighted by atomic mass is 10.0. The molecule has 172 valence electrons. The molecule has 4 aromatic rings. The lowest BCUT2D eigenvalue weighted by Crippen LogP contribution is -2.45. The number of anilines is 1. The Morgan fingerprint density at radius 2 is 2.09 bits per heavy atom. The molecule has 0 unspecified atom stereocenters. The first-order valence-corrected chi connectivity index (χ1v) is 11.3. The topological polar surface area (TPSA) is 126 Å². The van der Waals surface area contributed by atoms with Crippen molar-refractivity contribution in [1.29, 1.82) is 5.26 Å². The molecule has 1 saturated heterocycles. The van der Waals surface area contributed by atoms with Crippen LogP contribution in [0.4, 0.5) is 5.95 Å². The quantitative estimate of drug-likeness (QED) is 0.483. The maximum absolute atomic E-state index is 12.6. The predicted octanol–water partition coefficient (Wildman–Crippen LogP) is 2.15. The van der Waals surface area contributed by atoms with Gasteiger partial charge in [-0.1, -0.05) is 0 Å². The average molecular weight is 457 g/mol. The number of rotatable bonds is 5. The Bertz CT molecular complexity index is 1440. The van der Waals surface area contributed by atoms with Gasteiger partial charge in [-0.05, 0) is 31.7 Å². The first-order valence-electron chi connectivity index (χ1n) is 11.3. The number of imidazole rings is 1. The average Bonchev–Trinajstić information content (AvgIpc) is 3.32. The number of hydrogen-bond acceptors (Lipinski definition) is 8. The third kappa shape index (κ3) is 3.30. The number of fused-ring (bicyclic) bond motifs is 2. The van der Waals surface area contributed by atoms with E-state index in [1.54, 1.807) is 24.0 Å². The summed E-state index contributed by atoms with van der Waals surface area (Å²) < 4.78 is 9.24. The molecule has 2 aliphatic rings. The molecule has 5 heterocycles. The Morgan fingerprint density at radius 1 is 1.26 bits per heavy atom. The van der Waals surface area contributed by atoms with E-state index in [2.05, 4.69) is 31.4 Å². The highest BCUT2D eigenvalue weighted by atomic mass is 16.5. The minimum atomic E-state index is -0.758. The lowest BCUT2D eigenvalue weighted by Gasteiger charge is -2.33. The Kier molecular flexibility index (Phi) is 4.62. The zero-order chi connectivity index (χ0) is 23.3. The minimum Gasteiger partial charge on any atom is -0.479 e. The minimum absolute atomic E-state index is 0.0176. The number of carbonyl (C=O) groups excluding carboxylic acids is 1. The molecular formula is C23H23N9O2. The molecule has 1 aliphatic heterocycles. The molecule has 0 bridgehead atoms. The van der Waals surface area contributed by atoms with Gasteiger partial charge in [0.15, 0.2) is 0 Å². The molecule has 0 aromatic carbocycles. The molecule has 34 heavy (non-hydrogen) atoms. The monoisotopic (exact) mass is 457 g/mol. The van der Waals surface area contributed by atoms with Crippen LogP contribution in [-0.2, 0) is 4.79 Å². The molecule has 1 N–H and O–H groups in total. The number of piperidine rings is 1. The second-order valence-corrected chi connectivity index (χ2v) is 8.85. The van der Waals surface area contributed by atoms with Crippen LogP contribution in [0.25, 0.3) is 22.4 Å². The van der Waals surface area contributed by atoms with Crippen molar-refractivity contribution in [2.45, 2.75) is 31.7 Å². The number of likely N-dealkylation sites (tertiary alicyclic amines) is 1. The van der Waals surface area contributed by atoms with E-state index in [4.69, 9.17) is 4.74 Å². The largest absolute Gasteiger partial charge is 0.479 e. The fraction of sp³-hybridized carbons (Fsp3) is 0.391. The number of ether oxygens (including phenoxy) is 1. The van der Waals surface area contributed by atoms with Gasteiger partial charge in [0.25, 0.3) is 0 Å². The number of nitrogens with zero attached hydrogens (tertiary/aromatic N) is 8. The fourth-order valence-electron chi connectivity index (χ4n) is 4.59. The number of nitriles is 1. The lowest BCUT2D eigenvalue weighted by molar-refractivity contribution is -0.135. The molecule has 0 spiro atoms. The van der Waals surface area contributed by atoms with E-state index in [1.807, 2.05) is 34.0 Å². The van der Waals surface area contributed by atoms with E-state index < -0.39 is 5.41 Å². The highest BCUT2D eigenvalue weighted by Gasteiger charge is 2.52. The number of hydrogen-bond donors (Lipinski definition) is 1. The van der Waals surface area contributed by atoms with Crippen molar-refractivity contribution >= 4 is 23.1 Å². The van der Waals surface area contributed by atoms with Crippen LogP contribution in [0.1, 0.15) is 25.7 Å². The Balaban J connectivity index is 1.21. The zero-order valence-electron chi connectivity index (χ0n) is 18.7. The second-order valence-electron chi connectivity index (χ2n) is 8.85. The summed E-state index contributed by atoms with van der Waals surface area (Å²) in [4.78, 5) is 27.6. The van der Waals surface area contributed by atoms with Gasteiger partial charge < -0.3 is 15.0 Å². The molecule has 1 saturated carbocycles. The van der Waals surface area contributed by atoms with Crippen LogP contribution in [-0.4, -0.2) is 66.0 Å². The Hall–Kier alpha value is -4.20. The summed E-state index contributed by atoms with van der Waals surface area (Å²) in [5, 5.41) is 17.3. The van der Waals surface area contributed by atoms with Crippen LogP contribution in [0.2, 0.25) is 0 Å². The number of carbonyl (C=O) groups is 1. The van der Waals surface area contributed by atoms with Crippen LogP contribution in [0.3, 0.4) is 0 Å². The molecule has 0 atom stereocenters. The summed E-state index contributed by atoms with van der Waals surface area (Å²) in [6.07, 6.45) is 12.1. The molecule has 11 nitrogen and oxygen atoms in total. The van der Waals surface area contributed by atoms with E-state index in [1.165, 1.54) is 0 Å². The van der Waals surface area contributed by atoms with E-state index >= 15 is 0 Å².